The average molecular weight is 664 g/mol. The summed E-state index contributed by atoms with van der Waals surface area (Å²) < 4.78 is 6.30. The minimum atomic E-state index is 0.855. The van der Waals surface area contributed by atoms with Crippen LogP contribution in [-0.2, 0) is 0 Å². The lowest BCUT2D eigenvalue weighted by Gasteiger charge is -2.26. The van der Waals surface area contributed by atoms with Crippen molar-refractivity contribution in [2.45, 2.75) is 0 Å². The fraction of sp³-hybridized carbons (Fsp3) is 0. The Hall–Kier alpha value is -6.90. The zero-order valence-electron chi connectivity index (χ0n) is 28.4. The molecule has 0 bridgehead atoms. The maximum Gasteiger partial charge on any atom is 0.135 e. The molecule has 0 aliphatic rings. The zero-order chi connectivity index (χ0) is 34.4. The first-order valence-electron chi connectivity index (χ1n) is 17.7. The number of benzene rings is 9. The Morgan fingerprint density at radius 2 is 0.904 bits per heavy atom. The summed E-state index contributed by atoms with van der Waals surface area (Å²) in [5.41, 5.74) is 9.94. The van der Waals surface area contributed by atoms with Crippen LogP contribution >= 0.6 is 0 Å². The van der Waals surface area contributed by atoms with Crippen LogP contribution in [0.2, 0.25) is 0 Å². The molecule has 0 fully saturated rings. The minimum absolute atomic E-state index is 0.855. The number of rotatable bonds is 6. The van der Waals surface area contributed by atoms with Crippen LogP contribution in [0.1, 0.15) is 0 Å². The van der Waals surface area contributed by atoms with Crippen LogP contribution in [0.5, 0.6) is 0 Å². The maximum absolute atomic E-state index is 6.30. The van der Waals surface area contributed by atoms with E-state index >= 15 is 0 Å². The Kier molecular flexibility index (Phi) is 7.18. The number of furan rings is 1. The highest BCUT2D eigenvalue weighted by atomic mass is 16.3. The van der Waals surface area contributed by atoms with Gasteiger partial charge in [-0.1, -0.05) is 146 Å². The van der Waals surface area contributed by atoms with Gasteiger partial charge >= 0.3 is 0 Å². The second-order valence-electron chi connectivity index (χ2n) is 13.4. The van der Waals surface area contributed by atoms with Gasteiger partial charge in [-0.2, -0.15) is 0 Å². The van der Waals surface area contributed by atoms with Crippen LogP contribution in [0.4, 0.5) is 17.1 Å². The predicted molar refractivity (Wildman–Crippen MR) is 220 cm³/mol. The van der Waals surface area contributed by atoms with E-state index in [1.807, 2.05) is 18.2 Å². The van der Waals surface area contributed by atoms with Crippen molar-refractivity contribution in [3.63, 3.8) is 0 Å². The van der Waals surface area contributed by atoms with Crippen LogP contribution in [-0.4, -0.2) is 0 Å². The monoisotopic (exact) mass is 663 g/mol. The van der Waals surface area contributed by atoms with Crippen molar-refractivity contribution in [1.29, 1.82) is 0 Å². The van der Waals surface area contributed by atoms with Gasteiger partial charge in [0.2, 0.25) is 0 Å². The van der Waals surface area contributed by atoms with E-state index in [2.05, 4.69) is 187 Å². The molecule has 0 unspecified atom stereocenters. The van der Waals surface area contributed by atoms with Gasteiger partial charge in [0.15, 0.2) is 0 Å². The van der Waals surface area contributed by atoms with Gasteiger partial charge in [0.25, 0.3) is 0 Å². The minimum Gasteiger partial charge on any atom is -0.456 e. The van der Waals surface area contributed by atoms with E-state index in [4.69, 9.17) is 4.42 Å². The van der Waals surface area contributed by atoms with Crippen LogP contribution < -0.4 is 4.90 Å². The lowest BCUT2D eigenvalue weighted by molar-refractivity contribution is 0.631. The Balaban J connectivity index is 1.05. The molecular weight excluding hydrogens is 631 g/mol. The molecule has 10 aromatic rings. The second kappa shape index (κ2) is 12.5. The molecule has 1 aromatic heterocycles. The number of para-hydroxylation sites is 1. The number of hydrogen-bond acceptors (Lipinski definition) is 2. The molecule has 0 saturated heterocycles. The molecule has 0 aliphatic carbocycles. The Morgan fingerprint density at radius 1 is 0.308 bits per heavy atom. The van der Waals surface area contributed by atoms with E-state index in [0.717, 1.165) is 39.4 Å². The van der Waals surface area contributed by atoms with Crippen molar-refractivity contribution < 1.29 is 4.42 Å². The van der Waals surface area contributed by atoms with Gasteiger partial charge in [0, 0.05) is 28.0 Å². The molecule has 2 heteroatoms. The Morgan fingerprint density at radius 3 is 1.69 bits per heavy atom. The summed E-state index contributed by atoms with van der Waals surface area (Å²) in [5.74, 6) is 0.855. The van der Waals surface area contributed by atoms with Crippen molar-refractivity contribution in [1.82, 2.24) is 0 Å². The summed E-state index contributed by atoms with van der Waals surface area (Å²) in [6.07, 6.45) is 0. The van der Waals surface area contributed by atoms with Gasteiger partial charge in [0.05, 0.1) is 0 Å². The van der Waals surface area contributed by atoms with Gasteiger partial charge < -0.3 is 9.32 Å². The third-order valence-electron chi connectivity index (χ3n) is 10.2. The van der Waals surface area contributed by atoms with Crippen molar-refractivity contribution in [3.8, 4) is 33.6 Å². The fourth-order valence-corrected chi connectivity index (χ4v) is 7.63. The Bertz CT molecular complexity index is 2860. The highest BCUT2D eigenvalue weighted by molar-refractivity contribution is 6.08. The SMILES string of the molecule is c1cc(-c2cc3ccccc3o2)cc(N(c2ccc(-c3ccc4c(ccc5ccccc54)c3)cc2)c2ccc(-c3cccc4ccccc34)cc2)c1. The molecule has 0 saturated carbocycles. The molecule has 244 valence electrons. The van der Waals surface area contributed by atoms with E-state index < -0.39 is 0 Å². The second-order valence-corrected chi connectivity index (χ2v) is 13.4. The quantitative estimate of drug-likeness (QED) is 0.165. The summed E-state index contributed by atoms with van der Waals surface area (Å²) in [7, 11) is 0. The smallest absolute Gasteiger partial charge is 0.135 e. The molecule has 1 heterocycles. The van der Waals surface area contributed by atoms with Crippen molar-refractivity contribution in [2.75, 3.05) is 4.90 Å². The number of nitrogens with zero attached hydrogens (tertiary/aromatic N) is 1. The fourth-order valence-electron chi connectivity index (χ4n) is 7.63. The lowest BCUT2D eigenvalue weighted by atomic mass is 9.97. The molecule has 0 aliphatic heterocycles. The molecule has 0 radical (unpaired) electrons. The third kappa shape index (κ3) is 5.30. The molecule has 9 aromatic carbocycles. The van der Waals surface area contributed by atoms with Gasteiger partial charge in [-0.15, -0.1) is 0 Å². The van der Waals surface area contributed by atoms with Crippen molar-refractivity contribution in [3.05, 3.63) is 200 Å². The summed E-state index contributed by atoms with van der Waals surface area (Å²) in [5, 5.41) is 8.67. The van der Waals surface area contributed by atoms with E-state index in [1.165, 1.54) is 54.6 Å². The van der Waals surface area contributed by atoms with E-state index in [1.54, 1.807) is 0 Å². The predicted octanol–water partition coefficient (Wildman–Crippen LogP) is 14.4. The van der Waals surface area contributed by atoms with Gasteiger partial charge in [-0.25, -0.2) is 0 Å². The third-order valence-corrected chi connectivity index (χ3v) is 10.2. The largest absolute Gasteiger partial charge is 0.456 e. The molecule has 0 spiro atoms. The van der Waals surface area contributed by atoms with Gasteiger partial charge in [-0.3, -0.25) is 0 Å². The molecule has 0 atom stereocenters. The molecule has 10 rings (SSSR count). The molecular formula is C50H33NO. The summed E-state index contributed by atoms with van der Waals surface area (Å²) >= 11 is 0. The first-order valence-corrected chi connectivity index (χ1v) is 17.7. The van der Waals surface area contributed by atoms with E-state index in [-0.39, 0.29) is 0 Å². The molecule has 2 nitrogen and oxygen atoms in total. The normalized spacial score (nSPS) is 11.5. The maximum atomic E-state index is 6.30. The number of hydrogen-bond donors (Lipinski definition) is 0. The summed E-state index contributed by atoms with van der Waals surface area (Å²) in [6.45, 7) is 0. The van der Waals surface area contributed by atoms with Gasteiger partial charge in [-0.05, 0) is 109 Å². The first-order chi connectivity index (χ1) is 25.7. The Labute approximate surface area is 302 Å². The number of fused-ring (bicyclic) bond motifs is 5. The summed E-state index contributed by atoms with van der Waals surface area (Å²) in [4.78, 5) is 2.33. The van der Waals surface area contributed by atoms with Crippen LogP contribution in [0.3, 0.4) is 0 Å². The van der Waals surface area contributed by atoms with Crippen LogP contribution in [0.25, 0.3) is 76.9 Å². The first kappa shape index (κ1) is 30.0. The molecule has 0 N–H and O–H groups in total. The molecule has 0 amide bonds. The van der Waals surface area contributed by atoms with Crippen molar-refractivity contribution in [2.24, 2.45) is 0 Å². The highest BCUT2D eigenvalue weighted by Crippen LogP contribution is 2.40. The summed E-state index contributed by atoms with van der Waals surface area (Å²) in [6, 6.07) is 71.7. The van der Waals surface area contributed by atoms with Crippen LogP contribution in [0, 0.1) is 0 Å². The number of anilines is 3. The standard InChI is InChI=1S/C50H33NO/c1-4-15-45-35(9-1)12-8-17-47(45)37-23-28-43(29-24-37)51(44-14-7-13-40(32-44)50-33-41-11-3-6-18-49(41)52-50)42-26-21-34(22-27-42)38-25-30-48-39(31-38)20-19-36-10-2-5-16-46(36)48/h1-33H. The average Bonchev–Trinajstić information content (AvgIpc) is 3.66. The molecule has 52 heavy (non-hydrogen) atoms. The van der Waals surface area contributed by atoms with Gasteiger partial charge in [0.1, 0.15) is 11.3 Å². The highest BCUT2D eigenvalue weighted by Gasteiger charge is 2.16. The van der Waals surface area contributed by atoms with E-state index in [0.29, 0.717) is 0 Å². The lowest BCUT2D eigenvalue weighted by Crippen LogP contribution is -2.10. The van der Waals surface area contributed by atoms with Crippen LogP contribution in [0.15, 0.2) is 205 Å². The topological polar surface area (TPSA) is 16.4 Å². The zero-order valence-corrected chi connectivity index (χ0v) is 28.4. The van der Waals surface area contributed by atoms with Crippen molar-refractivity contribution >= 4 is 60.3 Å². The van der Waals surface area contributed by atoms with E-state index in [9.17, 15) is 0 Å².